The minimum absolute atomic E-state index is 0.0250. The highest BCUT2D eigenvalue weighted by Gasteiger charge is 2.23. The minimum atomic E-state index is -0.890. The summed E-state index contributed by atoms with van der Waals surface area (Å²) in [6, 6.07) is 12.1. The molecular weight excluding hydrogens is 349 g/mol. The third-order valence-electron chi connectivity index (χ3n) is 4.01. The molecule has 0 bridgehead atoms. The molecule has 0 saturated carbocycles. The summed E-state index contributed by atoms with van der Waals surface area (Å²) in [7, 11) is 1.26. The Morgan fingerprint density at radius 1 is 1.11 bits per heavy atom. The van der Waals surface area contributed by atoms with Crippen LogP contribution in [-0.4, -0.2) is 35.0 Å². The van der Waals surface area contributed by atoms with Gasteiger partial charge in [0.25, 0.3) is 0 Å². The van der Waals surface area contributed by atoms with Gasteiger partial charge in [-0.15, -0.1) is 0 Å². The summed E-state index contributed by atoms with van der Waals surface area (Å²) in [5, 5.41) is 2.65. The first-order valence-electron chi connectivity index (χ1n) is 8.37. The lowest BCUT2D eigenvalue weighted by Crippen LogP contribution is -2.43. The van der Waals surface area contributed by atoms with Crippen molar-refractivity contribution in [2.24, 2.45) is 0 Å². The van der Waals surface area contributed by atoms with Crippen LogP contribution in [0.25, 0.3) is 11.0 Å². The number of nitrogens with one attached hydrogen (secondary N) is 1. The Morgan fingerprint density at radius 2 is 1.81 bits per heavy atom. The summed E-state index contributed by atoms with van der Waals surface area (Å²) in [6.07, 6.45) is 1.75. The molecule has 1 amide bonds. The number of fused-ring (bicyclic) bond motifs is 1. The van der Waals surface area contributed by atoms with E-state index in [0.717, 1.165) is 5.52 Å². The van der Waals surface area contributed by atoms with Crippen molar-refractivity contribution < 1.29 is 18.7 Å². The number of para-hydroxylation sites is 2. The van der Waals surface area contributed by atoms with Crippen molar-refractivity contribution in [1.29, 1.82) is 0 Å². The third kappa shape index (κ3) is 4.84. The zero-order valence-corrected chi connectivity index (χ0v) is 14.7. The lowest BCUT2D eigenvalue weighted by molar-refractivity contribution is -0.145. The van der Waals surface area contributed by atoms with Gasteiger partial charge in [-0.2, -0.15) is 0 Å². The number of nitrogens with zero attached hydrogens (tertiary/aromatic N) is 2. The number of halogens is 1. The number of aromatic nitrogens is 2. The first-order valence-corrected chi connectivity index (χ1v) is 8.37. The molecule has 1 atom stereocenters. The Balaban J connectivity index is 1.71. The van der Waals surface area contributed by atoms with Crippen molar-refractivity contribution in [2.75, 3.05) is 7.11 Å². The lowest BCUT2D eigenvalue weighted by Gasteiger charge is -2.16. The van der Waals surface area contributed by atoms with Crippen molar-refractivity contribution in [3.05, 3.63) is 71.8 Å². The number of rotatable bonds is 6. The van der Waals surface area contributed by atoms with Crippen LogP contribution in [-0.2, 0) is 27.2 Å². The summed E-state index contributed by atoms with van der Waals surface area (Å²) in [4.78, 5) is 33.1. The van der Waals surface area contributed by atoms with Gasteiger partial charge in [0, 0.05) is 12.6 Å². The standard InChI is InChI=1S/C20H18FN3O3/c1-27-20(26)18(24-19(25)10-13-6-8-14(21)9-7-13)11-15-12-22-16-4-2-3-5-17(16)23-15/h2-9,12,18H,10-11H2,1H3,(H,24,25)/t18-/m0/s1. The van der Waals surface area contributed by atoms with Crippen LogP contribution >= 0.6 is 0 Å². The molecule has 3 aromatic rings. The van der Waals surface area contributed by atoms with Crippen molar-refractivity contribution in [3.8, 4) is 0 Å². The van der Waals surface area contributed by atoms with E-state index in [-0.39, 0.29) is 24.6 Å². The number of benzene rings is 2. The van der Waals surface area contributed by atoms with Gasteiger partial charge < -0.3 is 10.1 Å². The van der Waals surface area contributed by atoms with Crippen molar-refractivity contribution in [2.45, 2.75) is 18.9 Å². The average Bonchev–Trinajstić information content (AvgIpc) is 2.68. The monoisotopic (exact) mass is 367 g/mol. The number of hydrogen-bond acceptors (Lipinski definition) is 5. The Bertz CT molecular complexity index is 960. The second-order valence-electron chi connectivity index (χ2n) is 6.00. The molecule has 1 heterocycles. The molecule has 0 saturated heterocycles. The molecule has 0 aliphatic carbocycles. The van der Waals surface area contributed by atoms with Crippen LogP contribution < -0.4 is 5.32 Å². The summed E-state index contributed by atoms with van der Waals surface area (Å²) in [5.74, 6) is -1.32. The molecule has 0 unspecified atom stereocenters. The van der Waals surface area contributed by atoms with Crippen LogP contribution in [0.15, 0.2) is 54.7 Å². The summed E-state index contributed by atoms with van der Waals surface area (Å²) >= 11 is 0. The predicted molar refractivity (Wildman–Crippen MR) is 97.3 cm³/mol. The maximum absolute atomic E-state index is 13.0. The van der Waals surface area contributed by atoms with Gasteiger partial charge in [0.1, 0.15) is 11.9 Å². The fourth-order valence-corrected chi connectivity index (χ4v) is 2.67. The van der Waals surface area contributed by atoms with Crippen LogP contribution in [0.5, 0.6) is 0 Å². The number of carbonyl (C=O) groups excluding carboxylic acids is 2. The Kier molecular flexibility index (Phi) is 5.71. The van der Waals surface area contributed by atoms with E-state index in [1.165, 1.54) is 31.4 Å². The van der Waals surface area contributed by atoms with E-state index in [0.29, 0.717) is 16.8 Å². The Labute approximate surface area is 155 Å². The predicted octanol–water partition coefficient (Wildman–Crippen LogP) is 2.21. The van der Waals surface area contributed by atoms with Gasteiger partial charge in [-0.3, -0.25) is 9.78 Å². The van der Waals surface area contributed by atoms with Gasteiger partial charge in [0.05, 0.1) is 30.3 Å². The maximum atomic E-state index is 13.0. The van der Waals surface area contributed by atoms with Gasteiger partial charge in [-0.1, -0.05) is 24.3 Å². The summed E-state index contributed by atoms with van der Waals surface area (Å²) in [6.45, 7) is 0. The lowest BCUT2D eigenvalue weighted by atomic mass is 10.1. The molecule has 0 spiro atoms. The van der Waals surface area contributed by atoms with Crippen LogP contribution in [0.1, 0.15) is 11.3 Å². The highest BCUT2D eigenvalue weighted by molar-refractivity contribution is 5.85. The van der Waals surface area contributed by atoms with E-state index in [4.69, 9.17) is 4.74 Å². The van der Waals surface area contributed by atoms with E-state index < -0.39 is 12.0 Å². The van der Waals surface area contributed by atoms with Crippen molar-refractivity contribution in [3.63, 3.8) is 0 Å². The molecule has 2 aromatic carbocycles. The second-order valence-corrected chi connectivity index (χ2v) is 6.00. The highest BCUT2D eigenvalue weighted by atomic mass is 19.1. The summed E-state index contributed by atoms with van der Waals surface area (Å²) in [5.41, 5.74) is 2.65. The van der Waals surface area contributed by atoms with Gasteiger partial charge >= 0.3 is 5.97 Å². The molecule has 138 valence electrons. The largest absolute Gasteiger partial charge is 0.467 e. The molecule has 3 rings (SSSR count). The van der Waals surface area contributed by atoms with Crippen molar-refractivity contribution in [1.82, 2.24) is 15.3 Å². The van der Waals surface area contributed by atoms with E-state index in [1.807, 2.05) is 24.3 Å². The molecule has 1 aromatic heterocycles. The van der Waals surface area contributed by atoms with Gasteiger partial charge in [-0.25, -0.2) is 14.2 Å². The molecule has 7 heteroatoms. The SMILES string of the molecule is COC(=O)[C@H](Cc1cnc2ccccc2n1)NC(=O)Cc1ccc(F)cc1. The smallest absolute Gasteiger partial charge is 0.328 e. The number of amides is 1. The average molecular weight is 367 g/mol. The van der Waals surface area contributed by atoms with E-state index in [1.54, 1.807) is 6.20 Å². The fourth-order valence-electron chi connectivity index (χ4n) is 2.67. The third-order valence-corrected chi connectivity index (χ3v) is 4.01. The molecule has 0 fully saturated rings. The molecule has 6 nitrogen and oxygen atoms in total. The number of carbonyl (C=O) groups is 2. The van der Waals surface area contributed by atoms with Gasteiger partial charge in [0.2, 0.25) is 5.91 Å². The van der Waals surface area contributed by atoms with Crippen LogP contribution in [0.2, 0.25) is 0 Å². The zero-order chi connectivity index (χ0) is 19.2. The zero-order valence-electron chi connectivity index (χ0n) is 14.7. The van der Waals surface area contributed by atoms with E-state index >= 15 is 0 Å². The number of esters is 1. The molecule has 1 N–H and O–H groups in total. The quantitative estimate of drug-likeness (QED) is 0.676. The first-order chi connectivity index (χ1) is 13.0. The van der Waals surface area contributed by atoms with E-state index in [2.05, 4.69) is 15.3 Å². The molecule has 0 aliphatic rings. The van der Waals surface area contributed by atoms with Crippen LogP contribution in [0.4, 0.5) is 4.39 Å². The van der Waals surface area contributed by atoms with Crippen molar-refractivity contribution >= 4 is 22.9 Å². The Morgan fingerprint density at radius 3 is 2.52 bits per heavy atom. The molecule has 0 aliphatic heterocycles. The minimum Gasteiger partial charge on any atom is -0.467 e. The maximum Gasteiger partial charge on any atom is 0.328 e. The normalized spacial score (nSPS) is 11.8. The molecule has 0 radical (unpaired) electrons. The van der Waals surface area contributed by atoms with Crippen LogP contribution in [0, 0.1) is 5.82 Å². The number of methoxy groups -OCH3 is 1. The topological polar surface area (TPSA) is 81.2 Å². The molecule has 27 heavy (non-hydrogen) atoms. The Hall–Kier alpha value is -3.35. The number of ether oxygens (including phenoxy) is 1. The molecular formula is C20H18FN3O3. The second kappa shape index (κ2) is 8.35. The fraction of sp³-hybridized carbons (Fsp3) is 0.200. The van der Waals surface area contributed by atoms with Gasteiger partial charge in [0.15, 0.2) is 0 Å². The van der Waals surface area contributed by atoms with E-state index in [9.17, 15) is 14.0 Å². The van der Waals surface area contributed by atoms with Crippen LogP contribution in [0.3, 0.4) is 0 Å². The highest BCUT2D eigenvalue weighted by Crippen LogP contribution is 2.10. The first kappa shape index (κ1) is 18.4. The van der Waals surface area contributed by atoms with Gasteiger partial charge in [-0.05, 0) is 29.8 Å². The number of hydrogen-bond donors (Lipinski definition) is 1. The summed E-state index contributed by atoms with van der Waals surface area (Å²) < 4.78 is 17.8.